The summed E-state index contributed by atoms with van der Waals surface area (Å²) < 4.78 is 34.0. The molecule has 0 saturated carbocycles. The molecule has 1 unspecified atom stereocenters. The second-order valence-electron chi connectivity index (χ2n) is 7.60. The summed E-state index contributed by atoms with van der Waals surface area (Å²) >= 11 is 0. The van der Waals surface area contributed by atoms with Gasteiger partial charge in [-0.15, -0.1) is 0 Å². The SMILES string of the molecule is CC(OC(=O)c1cccc(OC(F)F)c1)C(=O)c1ccc(NC(=O)C(C)(C)C)cc1. The standard InChI is InChI=1S/C22H23F2NO5/c1-13(29-19(27)15-6-5-7-17(12-15)30-21(23)24)18(26)14-8-10-16(11-9-14)25-20(28)22(2,3)4/h5-13,21H,1-4H3,(H,25,28). The third-order valence-corrected chi connectivity index (χ3v) is 4.06. The molecule has 0 bridgehead atoms. The maximum Gasteiger partial charge on any atom is 0.387 e. The summed E-state index contributed by atoms with van der Waals surface area (Å²) in [6.07, 6.45) is -1.10. The molecular weight excluding hydrogens is 396 g/mol. The quantitative estimate of drug-likeness (QED) is 0.520. The number of anilines is 1. The molecular formula is C22H23F2NO5. The van der Waals surface area contributed by atoms with Gasteiger partial charge in [0.25, 0.3) is 0 Å². The van der Waals surface area contributed by atoms with E-state index in [0.717, 1.165) is 6.07 Å². The van der Waals surface area contributed by atoms with Crippen LogP contribution in [-0.4, -0.2) is 30.4 Å². The van der Waals surface area contributed by atoms with Crippen molar-refractivity contribution in [2.45, 2.75) is 40.4 Å². The van der Waals surface area contributed by atoms with E-state index < -0.39 is 29.9 Å². The number of amides is 1. The molecule has 2 aromatic carbocycles. The van der Waals surface area contributed by atoms with Crippen LogP contribution in [0.4, 0.5) is 14.5 Å². The Balaban J connectivity index is 2.02. The van der Waals surface area contributed by atoms with E-state index in [0.29, 0.717) is 11.3 Å². The van der Waals surface area contributed by atoms with Gasteiger partial charge in [-0.25, -0.2) is 4.79 Å². The van der Waals surface area contributed by atoms with Crippen molar-refractivity contribution >= 4 is 23.3 Å². The van der Waals surface area contributed by atoms with Crippen molar-refractivity contribution in [3.63, 3.8) is 0 Å². The molecule has 0 fully saturated rings. The summed E-state index contributed by atoms with van der Waals surface area (Å²) in [4.78, 5) is 36.8. The van der Waals surface area contributed by atoms with Crippen LogP contribution >= 0.6 is 0 Å². The number of hydrogen-bond acceptors (Lipinski definition) is 5. The molecule has 0 spiro atoms. The molecule has 2 aromatic rings. The van der Waals surface area contributed by atoms with Crippen LogP contribution in [0.3, 0.4) is 0 Å². The van der Waals surface area contributed by atoms with Crippen LogP contribution in [0.1, 0.15) is 48.4 Å². The number of hydrogen-bond donors (Lipinski definition) is 1. The van der Waals surface area contributed by atoms with Crippen molar-refractivity contribution < 1.29 is 32.6 Å². The highest BCUT2D eigenvalue weighted by Crippen LogP contribution is 2.20. The number of ether oxygens (including phenoxy) is 2. The zero-order chi connectivity index (χ0) is 22.5. The van der Waals surface area contributed by atoms with Crippen LogP contribution in [0.5, 0.6) is 5.75 Å². The largest absolute Gasteiger partial charge is 0.451 e. The van der Waals surface area contributed by atoms with Gasteiger partial charge in [0.05, 0.1) is 5.56 Å². The average molecular weight is 419 g/mol. The first-order valence-corrected chi connectivity index (χ1v) is 9.19. The van der Waals surface area contributed by atoms with Crippen LogP contribution in [0.2, 0.25) is 0 Å². The van der Waals surface area contributed by atoms with Gasteiger partial charge in [0.2, 0.25) is 11.7 Å². The zero-order valence-electron chi connectivity index (χ0n) is 17.1. The van der Waals surface area contributed by atoms with Crippen LogP contribution in [0.25, 0.3) is 0 Å². The van der Waals surface area contributed by atoms with Gasteiger partial charge in [0.15, 0.2) is 6.10 Å². The fourth-order valence-electron chi connectivity index (χ4n) is 2.35. The Morgan fingerprint density at radius 3 is 2.17 bits per heavy atom. The fourth-order valence-corrected chi connectivity index (χ4v) is 2.35. The van der Waals surface area contributed by atoms with Crippen LogP contribution < -0.4 is 10.1 Å². The van der Waals surface area contributed by atoms with Gasteiger partial charge < -0.3 is 14.8 Å². The molecule has 0 radical (unpaired) electrons. The molecule has 6 nitrogen and oxygen atoms in total. The van der Waals surface area contributed by atoms with Crippen molar-refractivity contribution in [2.75, 3.05) is 5.32 Å². The lowest BCUT2D eigenvalue weighted by molar-refractivity contribution is -0.123. The number of esters is 1. The van der Waals surface area contributed by atoms with E-state index in [-0.39, 0.29) is 17.2 Å². The molecule has 0 aromatic heterocycles. The Bertz CT molecular complexity index is 920. The topological polar surface area (TPSA) is 81.7 Å². The first kappa shape index (κ1) is 23.0. The van der Waals surface area contributed by atoms with Gasteiger partial charge in [0.1, 0.15) is 5.75 Å². The molecule has 1 atom stereocenters. The molecule has 2 rings (SSSR count). The monoisotopic (exact) mass is 419 g/mol. The Kier molecular flexibility index (Phi) is 7.26. The summed E-state index contributed by atoms with van der Waals surface area (Å²) in [6.45, 7) is 3.74. The average Bonchev–Trinajstić information content (AvgIpc) is 2.67. The van der Waals surface area contributed by atoms with E-state index in [1.807, 2.05) is 0 Å². The van der Waals surface area contributed by atoms with E-state index in [9.17, 15) is 23.2 Å². The van der Waals surface area contributed by atoms with Crippen LogP contribution in [-0.2, 0) is 9.53 Å². The minimum atomic E-state index is -3.02. The second kappa shape index (κ2) is 9.47. The van der Waals surface area contributed by atoms with Crippen molar-refractivity contribution in [3.05, 3.63) is 59.7 Å². The number of alkyl halides is 2. The zero-order valence-corrected chi connectivity index (χ0v) is 17.1. The molecule has 1 N–H and O–H groups in total. The van der Waals surface area contributed by atoms with E-state index in [1.54, 1.807) is 32.9 Å². The molecule has 1 amide bonds. The van der Waals surface area contributed by atoms with Crippen molar-refractivity contribution in [1.82, 2.24) is 0 Å². The third kappa shape index (κ3) is 6.37. The van der Waals surface area contributed by atoms with Gasteiger partial charge in [-0.1, -0.05) is 26.8 Å². The van der Waals surface area contributed by atoms with Gasteiger partial charge >= 0.3 is 12.6 Å². The van der Waals surface area contributed by atoms with Crippen LogP contribution in [0.15, 0.2) is 48.5 Å². The minimum absolute atomic E-state index is 0.0203. The van der Waals surface area contributed by atoms with E-state index in [4.69, 9.17) is 4.74 Å². The van der Waals surface area contributed by atoms with Gasteiger partial charge in [0, 0.05) is 16.7 Å². The third-order valence-electron chi connectivity index (χ3n) is 4.06. The number of carbonyl (C=O) groups is 3. The molecule has 160 valence electrons. The van der Waals surface area contributed by atoms with Crippen molar-refractivity contribution in [2.24, 2.45) is 5.41 Å². The minimum Gasteiger partial charge on any atom is -0.451 e. The number of benzene rings is 2. The van der Waals surface area contributed by atoms with Crippen molar-refractivity contribution in [3.8, 4) is 5.75 Å². The summed E-state index contributed by atoms with van der Waals surface area (Å²) in [5, 5.41) is 2.75. The summed E-state index contributed by atoms with van der Waals surface area (Å²) in [7, 11) is 0. The Labute approximate surface area is 173 Å². The van der Waals surface area contributed by atoms with Crippen molar-refractivity contribution in [1.29, 1.82) is 0 Å². The highest BCUT2D eigenvalue weighted by Gasteiger charge is 2.23. The lowest BCUT2D eigenvalue weighted by atomic mass is 9.95. The Morgan fingerprint density at radius 2 is 1.60 bits per heavy atom. The molecule has 0 aliphatic carbocycles. The number of rotatable bonds is 7. The fraction of sp³-hybridized carbons (Fsp3) is 0.318. The molecule has 0 heterocycles. The number of halogens is 2. The Morgan fingerprint density at radius 1 is 0.967 bits per heavy atom. The smallest absolute Gasteiger partial charge is 0.387 e. The number of nitrogens with one attached hydrogen (secondary N) is 1. The normalized spacial score (nSPS) is 12.2. The second-order valence-corrected chi connectivity index (χ2v) is 7.60. The summed E-state index contributed by atoms with van der Waals surface area (Å²) in [5.41, 5.74) is 0.244. The molecule has 0 aliphatic rings. The summed E-state index contributed by atoms with van der Waals surface area (Å²) in [5.74, 6) is -1.64. The lowest BCUT2D eigenvalue weighted by Gasteiger charge is -2.18. The molecule has 0 aliphatic heterocycles. The maximum atomic E-state index is 12.5. The molecule has 30 heavy (non-hydrogen) atoms. The van der Waals surface area contributed by atoms with Gasteiger partial charge in [-0.2, -0.15) is 8.78 Å². The highest BCUT2D eigenvalue weighted by atomic mass is 19.3. The van der Waals surface area contributed by atoms with E-state index in [1.165, 1.54) is 37.3 Å². The Hall–Kier alpha value is -3.29. The van der Waals surface area contributed by atoms with Gasteiger partial charge in [-0.05, 0) is 49.4 Å². The van der Waals surface area contributed by atoms with Crippen LogP contribution in [0, 0.1) is 5.41 Å². The molecule has 8 heteroatoms. The predicted octanol–water partition coefficient (Wildman–Crippen LogP) is 4.70. The molecule has 0 saturated heterocycles. The first-order valence-electron chi connectivity index (χ1n) is 9.19. The van der Waals surface area contributed by atoms with E-state index >= 15 is 0 Å². The highest BCUT2D eigenvalue weighted by molar-refractivity contribution is 6.02. The predicted molar refractivity (Wildman–Crippen MR) is 107 cm³/mol. The van der Waals surface area contributed by atoms with E-state index in [2.05, 4.69) is 10.1 Å². The summed E-state index contributed by atoms with van der Waals surface area (Å²) in [6, 6.07) is 11.3. The maximum absolute atomic E-state index is 12.5. The van der Waals surface area contributed by atoms with Gasteiger partial charge in [-0.3, -0.25) is 9.59 Å². The first-order chi connectivity index (χ1) is 14.0. The number of carbonyl (C=O) groups excluding carboxylic acids is 3. The number of ketones is 1. The number of Topliss-reactive ketones (excluding diaryl/α,β-unsaturated/α-hetero) is 1. The lowest BCUT2D eigenvalue weighted by Crippen LogP contribution is -2.27.